The smallest absolute Gasteiger partial charge is 0.311 e. The summed E-state index contributed by atoms with van der Waals surface area (Å²) < 4.78 is 16.3. The van der Waals surface area contributed by atoms with Gasteiger partial charge in [0.1, 0.15) is 11.5 Å². The van der Waals surface area contributed by atoms with Gasteiger partial charge in [0.15, 0.2) is 12.4 Å². The van der Waals surface area contributed by atoms with E-state index in [4.69, 9.17) is 14.2 Å². The number of piperidine rings is 1. The number of nitrogens with zero attached hydrogens (tertiary/aromatic N) is 1. The fourth-order valence-electron chi connectivity index (χ4n) is 3.91. The molecule has 7 nitrogen and oxygen atoms in total. The van der Waals surface area contributed by atoms with E-state index in [1.54, 1.807) is 70.2 Å². The molecule has 1 saturated heterocycles. The first-order valence-electron chi connectivity index (χ1n) is 11.0. The molecule has 0 N–H and O–H groups in total. The fraction of sp³-hybridized carbons (Fsp3) is 0.423. The van der Waals surface area contributed by atoms with Gasteiger partial charge in [-0.2, -0.15) is 0 Å². The lowest BCUT2D eigenvalue weighted by molar-refractivity contribution is -0.155. The van der Waals surface area contributed by atoms with Crippen LogP contribution >= 0.6 is 0 Å². The number of para-hydroxylation sites is 1. The minimum atomic E-state index is -0.658. The highest BCUT2D eigenvalue weighted by atomic mass is 16.5. The number of ether oxygens (including phenoxy) is 3. The second-order valence-corrected chi connectivity index (χ2v) is 9.07. The Bertz CT molecular complexity index is 1010. The van der Waals surface area contributed by atoms with Crippen molar-refractivity contribution >= 4 is 23.3 Å². The van der Waals surface area contributed by atoms with Crippen molar-refractivity contribution in [2.45, 2.75) is 39.7 Å². The van der Waals surface area contributed by atoms with Crippen molar-refractivity contribution in [2.24, 2.45) is 11.3 Å². The van der Waals surface area contributed by atoms with Crippen molar-refractivity contribution in [2.75, 3.05) is 25.7 Å². The number of hydrogen-bond acceptors (Lipinski definition) is 6. The summed E-state index contributed by atoms with van der Waals surface area (Å²) in [5.74, 6) is -0.203. The van der Waals surface area contributed by atoms with Crippen LogP contribution in [0.5, 0.6) is 11.5 Å². The largest absolute Gasteiger partial charge is 0.497 e. The van der Waals surface area contributed by atoms with E-state index in [9.17, 15) is 14.4 Å². The minimum absolute atomic E-state index is 0.106. The van der Waals surface area contributed by atoms with Crippen LogP contribution in [0.3, 0.4) is 0 Å². The molecule has 33 heavy (non-hydrogen) atoms. The molecular formula is C26H31NO6. The Balaban J connectivity index is 2.01. The molecule has 1 fully saturated rings. The van der Waals surface area contributed by atoms with E-state index in [1.807, 2.05) is 18.2 Å². The number of esters is 1. The quantitative estimate of drug-likeness (QED) is 0.580. The molecule has 1 heterocycles. The predicted molar refractivity (Wildman–Crippen MR) is 124 cm³/mol. The van der Waals surface area contributed by atoms with Crippen LogP contribution in [0.15, 0.2) is 48.5 Å². The summed E-state index contributed by atoms with van der Waals surface area (Å²) in [6.07, 6.45) is 0.501. The van der Waals surface area contributed by atoms with E-state index in [1.165, 1.54) is 0 Å². The topological polar surface area (TPSA) is 82.1 Å². The third-order valence-electron chi connectivity index (χ3n) is 5.89. The van der Waals surface area contributed by atoms with E-state index in [0.29, 0.717) is 29.2 Å². The zero-order chi connectivity index (χ0) is 24.2. The Hall–Kier alpha value is -3.35. The molecule has 0 aromatic heterocycles. The predicted octanol–water partition coefficient (Wildman–Crippen LogP) is 4.35. The number of hydrogen-bond donors (Lipinski definition) is 0. The SMILES string of the molecule is COc1ccc(N2C(=O)CCC(C(=O)OCC(=O)C(C)(C)C)C2c2ccccc2OC)cc1. The second-order valence-electron chi connectivity index (χ2n) is 9.07. The van der Waals surface area contributed by atoms with E-state index >= 15 is 0 Å². The third-order valence-corrected chi connectivity index (χ3v) is 5.89. The second kappa shape index (κ2) is 10.1. The first kappa shape index (κ1) is 24.3. The molecule has 3 rings (SSSR count). The molecule has 1 aliphatic heterocycles. The van der Waals surface area contributed by atoms with Gasteiger partial charge in [-0.05, 0) is 36.8 Å². The highest BCUT2D eigenvalue weighted by Crippen LogP contribution is 2.43. The lowest BCUT2D eigenvalue weighted by atomic mass is 9.83. The Morgan fingerprint density at radius 1 is 1.00 bits per heavy atom. The van der Waals surface area contributed by atoms with Gasteiger partial charge in [0.05, 0.1) is 26.2 Å². The van der Waals surface area contributed by atoms with E-state index in [0.717, 1.165) is 0 Å². The number of carbonyl (C=O) groups is 3. The van der Waals surface area contributed by atoms with Crippen molar-refractivity contribution in [1.29, 1.82) is 0 Å². The van der Waals surface area contributed by atoms with E-state index < -0.39 is 23.3 Å². The van der Waals surface area contributed by atoms with Gasteiger partial charge in [0.25, 0.3) is 0 Å². The summed E-state index contributed by atoms with van der Waals surface area (Å²) in [4.78, 5) is 40.3. The lowest BCUT2D eigenvalue weighted by Crippen LogP contribution is -2.46. The Morgan fingerprint density at radius 3 is 2.27 bits per heavy atom. The molecular weight excluding hydrogens is 422 g/mol. The molecule has 2 atom stereocenters. The summed E-state index contributed by atoms with van der Waals surface area (Å²) >= 11 is 0. The average molecular weight is 454 g/mol. The maximum absolute atomic E-state index is 13.2. The van der Waals surface area contributed by atoms with Crippen molar-refractivity contribution in [3.63, 3.8) is 0 Å². The normalized spacial score (nSPS) is 18.6. The zero-order valence-corrected chi connectivity index (χ0v) is 19.8. The van der Waals surface area contributed by atoms with Crippen LogP contribution < -0.4 is 14.4 Å². The summed E-state index contributed by atoms with van der Waals surface area (Å²) in [5.41, 5.74) is 0.730. The molecule has 2 unspecified atom stereocenters. The van der Waals surface area contributed by atoms with E-state index in [-0.39, 0.29) is 24.7 Å². The minimum Gasteiger partial charge on any atom is -0.497 e. The maximum Gasteiger partial charge on any atom is 0.311 e. The van der Waals surface area contributed by atoms with Crippen LogP contribution in [0.4, 0.5) is 5.69 Å². The van der Waals surface area contributed by atoms with Crippen molar-refractivity contribution in [3.05, 3.63) is 54.1 Å². The number of rotatable bonds is 7. The summed E-state index contributed by atoms with van der Waals surface area (Å²) in [6, 6.07) is 13.8. The standard InChI is InChI=1S/C26H31NO6/c1-26(2,3)22(28)16-33-25(30)20-14-15-23(29)27(17-10-12-18(31-4)13-11-17)24(20)19-8-6-7-9-21(19)32-5/h6-13,20,24H,14-16H2,1-5H3. The number of Topliss-reactive ketones (excluding diaryl/α,β-unsaturated/α-hetero) is 1. The zero-order valence-electron chi connectivity index (χ0n) is 19.8. The molecule has 1 amide bonds. The number of benzene rings is 2. The number of amides is 1. The van der Waals surface area contributed by atoms with Gasteiger partial charge in [-0.25, -0.2) is 0 Å². The van der Waals surface area contributed by atoms with Gasteiger partial charge in [-0.1, -0.05) is 39.0 Å². The first-order chi connectivity index (χ1) is 15.7. The highest BCUT2D eigenvalue weighted by Gasteiger charge is 2.43. The molecule has 176 valence electrons. The fourth-order valence-corrected chi connectivity index (χ4v) is 3.91. The molecule has 0 aliphatic carbocycles. The molecule has 0 saturated carbocycles. The molecule has 0 spiro atoms. The van der Waals surface area contributed by atoms with Crippen LogP contribution in [0, 0.1) is 11.3 Å². The summed E-state index contributed by atoms with van der Waals surface area (Å²) in [5, 5.41) is 0. The molecule has 0 radical (unpaired) electrons. The molecule has 2 aromatic carbocycles. The number of anilines is 1. The Labute approximate surface area is 194 Å². The summed E-state index contributed by atoms with van der Waals surface area (Å²) in [6.45, 7) is 5.05. The van der Waals surface area contributed by atoms with Crippen LogP contribution in [-0.2, 0) is 19.1 Å². The van der Waals surface area contributed by atoms with Crippen LogP contribution in [0.2, 0.25) is 0 Å². The molecule has 1 aliphatic rings. The van der Waals surface area contributed by atoms with Crippen molar-refractivity contribution in [3.8, 4) is 11.5 Å². The van der Waals surface area contributed by atoms with Crippen molar-refractivity contribution < 1.29 is 28.6 Å². The molecule has 0 bridgehead atoms. The maximum atomic E-state index is 13.2. The van der Waals surface area contributed by atoms with Gasteiger partial charge in [0.2, 0.25) is 5.91 Å². The number of carbonyl (C=O) groups excluding carboxylic acids is 3. The molecule has 2 aromatic rings. The third kappa shape index (κ3) is 5.35. The van der Waals surface area contributed by atoms with Crippen LogP contribution in [0.25, 0.3) is 0 Å². The van der Waals surface area contributed by atoms with Crippen molar-refractivity contribution in [1.82, 2.24) is 0 Å². The number of methoxy groups -OCH3 is 2. The van der Waals surface area contributed by atoms with Crippen LogP contribution in [0.1, 0.15) is 45.2 Å². The highest BCUT2D eigenvalue weighted by molar-refractivity contribution is 5.97. The van der Waals surface area contributed by atoms with Gasteiger partial charge >= 0.3 is 5.97 Å². The lowest BCUT2D eigenvalue weighted by Gasteiger charge is -2.40. The van der Waals surface area contributed by atoms with Gasteiger partial charge in [-0.15, -0.1) is 0 Å². The van der Waals surface area contributed by atoms with Gasteiger partial charge < -0.3 is 19.1 Å². The van der Waals surface area contributed by atoms with Gasteiger partial charge in [-0.3, -0.25) is 14.4 Å². The monoisotopic (exact) mass is 453 g/mol. The summed E-state index contributed by atoms with van der Waals surface area (Å²) in [7, 11) is 3.13. The molecule has 7 heteroatoms. The van der Waals surface area contributed by atoms with Gasteiger partial charge in [0, 0.05) is 23.1 Å². The van der Waals surface area contributed by atoms with E-state index in [2.05, 4.69) is 0 Å². The Kier molecular flexibility index (Phi) is 7.41. The first-order valence-corrected chi connectivity index (χ1v) is 11.0. The number of ketones is 1. The Morgan fingerprint density at radius 2 is 1.67 bits per heavy atom. The average Bonchev–Trinajstić information content (AvgIpc) is 2.81. The van der Waals surface area contributed by atoms with Crippen LogP contribution in [-0.4, -0.2) is 38.5 Å².